The second kappa shape index (κ2) is 4.95. The molecule has 0 aliphatic heterocycles. The van der Waals surface area contributed by atoms with Crippen molar-refractivity contribution in [1.29, 1.82) is 0 Å². The van der Waals surface area contributed by atoms with E-state index in [-0.39, 0.29) is 0 Å². The minimum atomic E-state index is -1.01. The highest BCUT2D eigenvalue weighted by Crippen LogP contribution is 2.42. The standard InChI is InChI=1S/C14H18ClFO/c1-2-10-4-3-7-14(17,9-10)12-6-5-11(15)8-13(12)16/h5-6,8,10,17H,2-4,7,9H2,1H3. The number of halogens is 2. The second-order valence-corrected chi connectivity index (χ2v) is 5.46. The normalized spacial score (nSPS) is 29.3. The highest BCUT2D eigenvalue weighted by molar-refractivity contribution is 6.30. The van der Waals surface area contributed by atoms with Crippen LogP contribution in [-0.4, -0.2) is 5.11 Å². The molecule has 1 N–H and O–H groups in total. The molecule has 0 amide bonds. The molecule has 0 spiro atoms. The lowest BCUT2D eigenvalue weighted by molar-refractivity contribution is -0.0244. The Morgan fingerprint density at radius 2 is 2.29 bits per heavy atom. The van der Waals surface area contributed by atoms with Crippen molar-refractivity contribution in [3.05, 3.63) is 34.6 Å². The molecule has 2 unspecified atom stereocenters. The Hall–Kier alpha value is -0.600. The number of aliphatic hydroxyl groups is 1. The van der Waals surface area contributed by atoms with Gasteiger partial charge in [-0.1, -0.05) is 37.4 Å². The average molecular weight is 257 g/mol. The summed E-state index contributed by atoms with van der Waals surface area (Å²) < 4.78 is 13.9. The maximum Gasteiger partial charge on any atom is 0.130 e. The summed E-state index contributed by atoms with van der Waals surface area (Å²) in [6.45, 7) is 2.12. The summed E-state index contributed by atoms with van der Waals surface area (Å²) in [7, 11) is 0. The Morgan fingerprint density at radius 3 is 2.94 bits per heavy atom. The van der Waals surface area contributed by atoms with Crippen LogP contribution in [0.2, 0.25) is 5.02 Å². The van der Waals surface area contributed by atoms with Gasteiger partial charge in [0.2, 0.25) is 0 Å². The van der Waals surface area contributed by atoms with Crippen molar-refractivity contribution in [3.63, 3.8) is 0 Å². The van der Waals surface area contributed by atoms with Crippen LogP contribution in [0.1, 0.15) is 44.6 Å². The maximum atomic E-state index is 13.9. The van der Waals surface area contributed by atoms with Crippen LogP contribution in [0.4, 0.5) is 4.39 Å². The molecular formula is C14H18ClFO. The fourth-order valence-electron chi connectivity index (χ4n) is 2.82. The zero-order valence-corrected chi connectivity index (χ0v) is 10.8. The highest BCUT2D eigenvalue weighted by atomic mass is 35.5. The summed E-state index contributed by atoms with van der Waals surface area (Å²) in [5, 5.41) is 11.0. The molecule has 3 heteroatoms. The second-order valence-electron chi connectivity index (χ2n) is 5.03. The third kappa shape index (κ3) is 2.63. The van der Waals surface area contributed by atoms with Gasteiger partial charge in [0.1, 0.15) is 5.82 Å². The molecule has 2 rings (SSSR count). The van der Waals surface area contributed by atoms with E-state index in [1.165, 1.54) is 6.07 Å². The van der Waals surface area contributed by atoms with Gasteiger partial charge in [0, 0.05) is 10.6 Å². The molecule has 1 aromatic carbocycles. The number of hydrogen-bond acceptors (Lipinski definition) is 1. The first-order valence-electron chi connectivity index (χ1n) is 6.23. The minimum Gasteiger partial charge on any atom is -0.385 e. The summed E-state index contributed by atoms with van der Waals surface area (Å²) in [5.74, 6) is 0.0978. The number of hydrogen-bond donors (Lipinski definition) is 1. The fraction of sp³-hybridized carbons (Fsp3) is 0.571. The van der Waals surface area contributed by atoms with Gasteiger partial charge in [0.15, 0.2) is 0 Å². The van der Waals surface area contributed by atoms with Gasteiger partial charge < -0.3 is 5.11 Å². The van der Waals surface area contributed by atoms with E-state index in [2.05, 4.69) is 6.92 Å². The van der Waals surface area contributed by atoms with Gasteiger partial charge >= 0.3 is 0 Å². The minimum absolute atomic E-state index is 0.373. The SMILES string of the molecule is CCC1CCCC(O)(c2ccc(Cl)cc2F)C1. The van der Waals surface area contributed by atoms with Crippen molar-refractivity contribution >= 4 is 11.6 Å². The van der Waals surface area contributed by atoms with Gasteiger partial charge in [-0.15, -0.1) is 0 Å². The lowest BCUT2D eigenvalue weighted by atomic mass is 9.73. The van der Waals surface area contributed by atoms with Crippen LogP contribution in [0.3, 0.4) is 0 Å². The smallest absolute Gasteiger partial charge is 0.130 e. The molecule has 1 aromatic rings. The van der Waals surface area contributed by atoms with E-state index in [0.29, 0.717) is 29.3 Å². The molecule has 94 valence electrons. The van der Waals surface area contributed by atoms with Gasteiger partial charge in [-0.05, 0) is 37.3 Å². The average Bonchev–Trinajstić information content (AvgIpc) is 2.28. The fourth-order valence-corrected chi connectivity index (χ4v) is 2.98. The molecule has 0 heterocycles. The molecule has 0 radical (unpaired) electrons. The van der Waals surface area contributed by atoms with Crippen LogP contribution in [-0.2, 0) is 5.60 Å². The molecule has 1 aliphatic carbocycles. The van der Waals surface area contributed by atoms with Crippen molar-refractivity contribution < 1.29 is 9.50 Å². The van der Waals surface area contributed by atoms with Crippen LogP contribution >= 0.6 is 11.6 Å². The molecule has 2 atom stereocenters. The molecule has 1 aliphatic rings. The Kier molecular flexibility index (Phi) is 3.74. The summed E-state index contributed by atoms with van der Waals surface area (Å²) in [4.78, 5) is 0. The molecular weight excluding hydrogens is 239 g/mol. The zero-order valence-electron chi connectivity index (χ0n) is 10.0. The first-order valence-corrected chi connectivity index (χ1v) is 6.61. The van der Waals surface area contributed by atoms with Gasteiger partial charge in [-0.25, -0.2) is 4.39 Å². The first kappa shape index (κ1) is 12.8. The van der Waals surface area contributed by atoms with Crippen LogP contribution in [0, 0.1) is 11.7 Å². The summed E-state index contributed by atoms with van der Waals surface area (Å²) in [6, 6.07) is 4.55. The van der Waals surface area contributed by atoms with Crippen molar-refractivity contribution in [2.75, 3.05) is 0 Å². The summed E-state index contributed by atoms with van der Waals surface area (Å²) in [5.41, 5.74) is -0.604. The molecule has 1 nitrogen and oxygen atoms in total. The van der Waals surface area contributed by atoms with Crippen LogP contribution < -0.4 is 0 Å². The maximum absolute atomic E-state index is 13.9. The predicted molar refractivity (Wildman–Crippen MR) is 67.6 cm³/mol. The monoisotopic (exact) mass is 256 g/mol. The van der Waals surface area contributed by atoms with Crippen LogP contribution in [0.15, 0.2) is 18.2 Å². The predicted octanol–water partition coefficient (Wildman–Crippen LogP) is 4.27. The summed E-state index contributed by atoms with van der Waals surface area (Å²) >= 11 is 5.74. The molecule has 0 bridgehead atoms. The lowest BCUT2D eigenvalue weighted by Gasteiger charge is -2.37. The molecule has 1 fully saturated rings. The zero-order chi connectivity index (χ0) is 12.5. The van der Waals surface area contributed by atoms with Gasteiger partial charge in [0.05, 0.1) is 5.60 Å². The Morgan fingerprint density at radius 1 is 1.53 bits per heavy atom. The largest absolute Gasteiger partial charge is 0.385 e. The van der Waals surface area contributed by atoms with Crippen LogP contribution in [0.5, 0.6) is 0 Å². The first-order chi connectivity index (χ1) is 8.05. The Bertz CT molecular complexity index is 407. The molecule has 0 aromatic heterocycles. The van der Waals surface area contributed by atoms with Crippen molar-refractivity contribution in [1.82, 2.24) is 0 Å². The van der Waals surface area contributed by atoms with E-state index in [4.69, 9.17) is 11.6 Å². The summed E-state index contributed by atoms with van der Waals surface area (Å²) in [6.07, 6.45) is 4.42. The quantitative estimate of drug-likeness (QED) is 0.838. The Labute approximate surface area is 107 Å². The van der Waals surface area contributed by atoms with E-state index >= 15 is 0 Å². The topological polar surface area (TPSA) is 20.2 Å². The van der Waals surface area contributed by atoms with Gasteiger partial charge in [-0.3, -0.25) is 0 Å². The molecule has 1 saturated carbocycles. The van der Waals surface area contributed by atoms with E-state index in [0.717, 1.165) is 19.3 Å². The van der Waals surface area contributed by atoms with E-state index in [1.54, 1.807) is 12.1 Å². The van der Waals surface area contributed by atoms with Crippen molar-refractivity contribution in [3.8, 4) is 0 Å². The molecule has 0 saturated heterocycles. The van der Waals surface area contributed by atoms with Crippen molar-refractivity contribution in [2.45, 2.75) is 44.6 Å². The van der Waals surface area contributed by atoms with Crippen LogP contribution in [0.25, 0.3) is 0 Å². The van der Waals surface area contributed by atoms with E-state index in [1.807, 2.05) is 0 Å². The highest BCUT2D eigenvalue weighted by Gasteiger charge is 2.37. The van der Waals surface area contributed by atoms with Gasteiger partial charge in [0.25, 0.3) is 0 Å². The number of rotatable bonds is 2. The lowest BCUT2D eigenvalue weighted by Crippen LogP contribution is -2.33. The van der Waals surface area contributed by atoms with Crippen molar-refractivity contribution in [2.24, 2.45) is 5.92 Å². The third-order valence-corrected chi connectivity index (χ3v) is 4.07. The Balaban J connectivity index is 2.30. The molecule has 17 heavy (non-hydrogen) atoms. The number of benzene rings is 1. The van der Waals surface area contributed by atoms with Gasteiger partial charge in [-0.2, -0.15) is 0 Å². The van der Waals surface area contributed by atoms with E-state index < -0.39 is 11.4 Å². The third-order valence-electron chi connectivity index (χ3n) is 3.84. The van der Waals surface area contributed by atoms with E-state index in [9.17, 15) is 9.50 Å².